The number of carbonyl (C=O) groups excluding carboxylic acids is 1. The molecule has 0 aliphatic carbocycles. The smallest absolute Gasteiger partial charge is 0.240 e. The van der Waals surface area contributed by atoms with Crippen LogP contribution in [0.25, 0.3) is 0 Å². The van der Waals surface area contributed by atoms with Gasteiger partial charge >= 0.3 is 0 Å². The molecule has 17 heavy (non-hydrogen) atoms. The first-order chi connectivity index (χ1) is 8.33. The van der Waals surface area contributed by atoms with E-state index in [4.69, 9.17) is 0 Å². The molecule has 92 valence electrons. The maximum absolute atomic E-state index is 12.2. The first kappa shape index (κ1) is 13.0. The first-order valence-electron chi connectivity index (χ1n) is 5.84. The highest BCUT2D eigenvalue weighted by atomic mass is 79.9. The zero-order valence-corrected chi connectivity index (χ0v) is 12.0. The van der Waals surface area contributed by atoms with Gasteiger partial charge in [0.1, 0.15) is 5.25 Å². The fraction of sp³-hybridized carbons (Fsp3) is 0.462. The van der Waals surface area contributed by atoms with Gasteiger partial charge in [-0.25, -0.2) is 0 Å². The first-order valence-corrected chi connectivity index (χ1v) is 8.01. The summed E-state index contributed by atoms with van der Waals surface area (Å²) in [5.41, 5.74) is 1.13. The summed E-state index contributed by atoms with van der Waals surface area (Å²) in [4.78, 5) is 14.2. The van der Waals surface area contributed by atoms with Gasteiger partial charge in [-0.1, -0.05) is 46.3 Å². The topological polar surface area (TPSA) is 20.3 Å². The molecule has 0 N–H and O–H groups in total. The van der Waals surface area contributed by atoms with Crippen LogP contribution in [0.5, 0.6) is 0 Å². The molecule has 1 heterocycles. The third-order valence-electron chi connectivity index (χ3n) is 2.85. The number of alkyl halides is 1. The van der Waals surface area contributed by atoms with E-state index in [0.717, 1.165) is 36.2 Å². The van der Waals surface area contributed by atoms with Crippen LogP contribution in [-0.2, 0) is 4.79 Å². The zero-order chi connectivity index (χ0) is 12.1. The number of amides is 1. The SMILES string of the molecule is O=C1C(c2ccccc2)SCN1CCCCBr. The molecule has 2 rings (SSSR count). The molecule has 1 aliphatic heterocycles. The van der Waals surface area contributed by atoms with Crippen LogP contribution < -0.4 is 0 Å². The normalized spacial score (nSPS) is 19.9. The molecule has 1 aromatic rings. The molecule has 0 radical (unpaired) electrons. The highest BCUT2D eigenvalue weighted by Gasteiger charge is 2.32. The number of halogens is 1. The number of benzene rings is 1. The fourth-order valence-electron chi connectivity index (χ4n) is 1.90. The molecule has 1 saturated heterocycles. The number of hydrogen-bond acceptors (Lipinski definition) is 2. The summed E-state index contributed by atoms with van der Waals surface area (Å²) in [5.74, 6) is 1.11. The van der Waals surface area contributed by atoms with Crippen molar-refractivity contribution < 1.29 is 4.79 Å². The van der Waals surface area contributed by atoms with Crippen molar-refractivity contribution in [1.29, 1.82) is 0 Å². The van der Waals surface area contributed by atoms with E-state index >= 15 is 0 Å². The number of hydrogen-bond donors (Lipinski definition) is 0. The van der Waals surface area contributed by atoms with Gasteiger partial charge < -0.3 is 4.90 Å². The molecular formula is C13H16BrNOS. The van der Waals surface area contributed by atoms with Gasteiger partial charge in [0, 0.05) is 11.9 Å². The van der Waals surface area contributed by atoms with E-state index in [1.807, 2.05) is 35.2 Å². The van der Waals surface area contributed by atoms with Gasteiger partial charge in [0.25, 0.3) is 0 Å². The number of rotatable bonds is 5. The number of carbonyl (C=O) groups is 1. The maximum atomic E-state index is 12.2. The van der Waals surface area contributed by atoms with Crippen molar-refractivity contribution >= 4 is 33.6 Å². The van der Waals surface area contributed by atoms with Gasteiger partial charge in [0.15, 0.2) is 0 Å². The quantitative estimate of drug-likeness (QED) is 0.613. The predicted molar refractivity (Wildman–Crippen MR) is 76.4 cm³/mol. The Morgan fingerprint density at radius 1 is 1.29 bits per heavy atom. The van der Waals surface area contributed by atoms with Gasteiger partial charge in [-0.3, -0.25) is 4.79 Å². The molecule has 0 aromatic heterocycles. The van der Waals surface area contributed by atoms with Gasteiger partial charge in [-0.2, -0.15) is 0 Å². The Hall–Kier alpha value is -0.480. The fourth-order valence-corrected chi connectivity index (χ4v) is 3.53. The van der Waals surface area contributed by atoms with E-state index in [9.17, 15) is 4.79 Å². The minimum absolute atomic E-state index is 0.0140. The highest BCUT2D eigenvalue weighted by Crippen LogP contribution is 2.37. The van der Waals surface area contributed by atoms with Crippen molar-refractivity contribution in [3.63, 3.8) is 0 Å². The Morgan fingerprint density at radius 3 is 2.76 bits per heavy atom. The molecule has 0 bridgehead atoms. The molecular weight excluding hydrogens is 298 g/mol. The monoisotopic (exact) mass is 313 g/mol. The van der Waals surface area contributed by atoms with Crippen LogP contribution >= 0.6 is 27.7 Å². The van der Waals surface area contributed by atoms with Gasteiger partial charge in [-0.15, -0.1) is 11.8 Å². The summed E-state index contributed by atoms with van der Waals surface area (Å²) in [6.45, 7) is 0.890. The van der Waals surface area contributed by atoms with Crippen molar-refractivity contribution in [1.82, 2.24) is 4.90 Å². The van der Waals surface area contributed by atoms with E-state index in [1.54, 1.807) is 11.8 Å². The average molecular weight is 314 g/mol. The Morgan fingerprint density at radius 2 is 2.06 bits per heavy atom. The summed E-state index contributed by atoms with van der Waals surface area (Å²) in [5, 5.41) is 1.03. The Bertz CT molecular complexity index is 371. The summed E-state index contributed by atoms with van der Waals surface area (Å²) >= 11 is 5.15. The third kappa shape index (κ3) is 3.26. The third-order valence-corrected chi connectivity index (χ3v) is 4.68. The largest absolute Gasteiger partial charge is 0.332 e. The minimum Gasteiger partial charge on any atom is -0.332 e. The van der Waals surface area contributed by atoms with Crippen molar-refractivity contribution in [2.45, 2.75) is 18.1 Å². The molecule has 4 heteroatoms. The van der Waals surface area contributed by atoms with Crippen LogP contribution in [0.3, 0.4) is 0 Å². The van der Waals surface area contributed by atoms with Crippen LogP contribution in [0.4, 0.5) is 0 Å². The van der Waals surface area contributed by atoms with Crippen molar-refractivity contribution in [2.75, 3.05) is 17.8 Å². The molecule has 1 unspecified atom stereocenters. The molecule has 0 spiro atoms. The Labute approximate surface area is 115 Å². The highest BCUT2D eigenvalue weighted by molar-refractivity contribution is 9.09. The van der Waals surface area contributed by atoms with Crippen molar-refractivity contribution in [3.8, 4) is 0 Å². The van der Waals surface area contributed by atoms with E-state index in [0.29, 0.717) is 0 Å². The lowest BCUT2D eigenvalue weighted by Gasteiger charge is -2.15. The van der Waals surface area contributed by atoms with Gasteiger partial charge in [0.05, 0.1) is 5.88 Å². The molecule has 1 aliphatic rings. The van der Waals surface area contributed by atoms with E-state index in [1.165, 1.54) is 0 Å². The maximum Gasteiger partial charge on any atom is 0.240 e. The second-order valence-electron chi connectivity index (χ2n) is 4.08. The van der Waals surface area contributed by atoms with Crippen LogP contribution in [-0.4, -0.2) is 28.6 Å². The number of unbranched alkanes of at least 4 members (excludes halogenated alkanes) is 1. The predicted octanol–water partition coefficient (Wildman–Crippen LogP) is 3.44. The zero-order valence-electron chi connectivity index (χ0n) is 9.64. The second-order valence-corrected chi connectivity index (χ2v) is 5.94. The van der Waals surface area contributed by atoms with Crippen molar-refractivity contribution in [2.24, 2.45) is 0 Å². The lowest BCUT2D eigenvalue weighted by Crippen LogP contribution is -2.27. The van der Waals surface area contributed by atoms with E-state index in [2.05, 4.69) is 15.9 Å². The lowest BCUT2D eigenvalue weighted by atomic mass is 10.1. The standard InChI is InChI=1S/C13H16BrNOS/c14-8-4-5-9-15-10-17-12(13(15)16)11-6-2-1-3-7-11/h1-3,6-7,12H,4-5,8-10H2. The van der Waals surface area contributed by atoms with Crippen molar-refractivity contribution in [3.05, 3.63) is 35.9 Å². The molecule has 1 amide bonds. The minimum atomic E-state index is 0.0140. The second kappa shape index (κ2) is 6.45. The van der Waals surface area contributed by atoms with E-state index in [-0.39, 0.29) is 11.2 Å². The molecule has 1 atom stereocenters. The summed E-state index contributed by atoms with van der Waals surface area (Å²) in [7, 11) is 0. The molecule has 1 aromatic carbocycles. The van der Waals surface area contributed by atoms with Crippen LogP contribution in [0.2, 0.25) is 0 Å². The summed E-state index contributed by atoms with van der Waals surface area (Å²) in [6, 6.07) is 10.1. The molecule has 0 saturated carbocycles. The number of nitrogens with zero attached hydrogens (tertiary/aromatic N) is 1. The van der Waals surface area contributed by atoms with Crippen LogP contribution in [0.1, 0.15) is 23.7 Å². The Kier molecular flexibility index (Phi) is 4.92. The average Bonchev–Trinajstić information content (AvgIpc) is 2.73. The van der Waals surface area contributed by atoms with Gasteiger partial charge in [0.2, 0.25) is 5.91 Å². The van der Waals surface area contributed by atoms with Crippen LogP contribution in [0.15, 0.2) is 30.3 Å². The van der Waals surface area contributed by atoms with E-state index < -0.39 is 0 Å². The number of thioether (sulfide) groups is 1. The lowest BCUT2D eigenvalue weighted by molar-refractivity contribution is -0.128. The summed E-state index contributed by atoms with van der Waals surface area (Å²) in [6.07, 6.45) is 2.21. The molecule has 1 fully saturated rings. The summed E-state index contributed by atoms with van der Waals surface area (Å²) < 4.78 is 0. The molecule has 2 nitrogen and oxygen atoms in total. The Balaban J connectivity index is 1.94. The van der Waals surface area contributed by atoms with Gasteiger partial charge in [-0.05, 0) is 18.4 Å². The van der Waals surface area contributed by atoms with Crippen LogP contribution in [0, 0.1) is 0 Å².